The third-order valence-electron chi connectivity index (χ3n) is 4.53. The standard InChI is InChI=1S/C20H16N4O4S/c1-29(25,26)23-15-4-2-3-13(7-15)16-11-24-17(9-22-20(24)10-21-16)14-5-6-18-19(8-14)28-12-27-18/h2-11,23H,12H2,1H3. The quantitative estimate of drug-likeness (QED) is 0.557. The Morgan fingerprint density at radius 2 is 1.86 bits per heavy atom. The van der Waals surface area contributed by atoms with Crippen LogP contribution in [0.5, 0.6) is 11.5 Å². The molecule has 0 amide bonds. The highest BCUT2D eigenvalue weighted by atomic mass is 32.2. The van der Waals surface area contributed by atoms with Crippen molar-refractivity contribution in [1.29, 1.82) is 0 Å². The van der Waals surface area contributed by atoms with Crippen molar-refractivity contribution >= 4 is 21.4 Å². The van der Waals surface area contributed by atoms with Crippen molar-refractivity contribution in [3.8, 4) is 34.0 Å². The molecule has 3 heterocycles. The number of sulfonamides is 1. The van der Waals surface area contributed by atoms with E-state index in [1.54, 1.807) is 30.6 Å². The number of nitrogens with zero attached hydrogens (tertiary/aromatic N) is 3. The maximum atomic E-state index is 11.5. The molecule has 0 unspecified atom stereocenters. The Kier molecular flexibility index (Phi) is 3.92. The number of nitrogens with one attached hydrogen (secondary N) is 1. The van der Waals surface area contributed by atoms with E-state index in [-0.39, 0.29) is 6.79 Å². The summed E-state index contributed by atoms with van der Waals surface area (Å²) in [7, 11) is -3.36. The van der Waals surface area contributed by atoms with E-state index in [1.807, 2.05) is 34.9 Å². The van der Waals surface area contributed by atoms with Gasteiger partial charge < -0.3 is 9.47 Å². The van der Waals surface area contributed by atoms with Crippen LogP contribution in [-0.4, -0.2) is 35.8 Å². The molecule has 5 rings (SSSR count). The highest BCUT2D eigenvalue weighted by Crippen LogP contribution is 2.36. The molecule has 8 nitrogen and oxygen atoms in total. The first-order valence-electron chi connectivity index (χ1n) is 8.78. The third-order valence-corrected chi connectivity index (χ3v) is 5.13. The van der Waals surface area contributed by atoms with Gasteiger partial charge in [0.05, 0.1) is 30.0 Å². The minimum atomic E-state index is -3.36. The second-order valence-corrected chi connectivity index (χ2v) is 8.42. The van der Waals surface area contributed by atoms with E-state index in [9.17, 15) is 8.42 Å². The number of imidazole rings is 1. The van der Waals surface area contributed by atoms with Gasteiger partial charge in [-0.3, -0.25) is 14.1 Å². The molecule has 0 saturated carbocycles. The van der Waals surface area contributed by atoms with Crippen molar-refractivity contribution < 1.29 is 17.9 Å². The largest absolute Gasteiger partial charge is 0.454 e. The molecular weight excluding hydrogens is 392 g/mol. The first-order valence-corrected chi connectivity index (χ1v) is 10.7. The molecule has 4 aromatic rings. The molecule has 9 heteroatoms. The lowest BCUT2D eigenvalue weighted by molar-refractivity contribution is 0.174. The Morgan fingerprint density at radius 1 is 1.00 bits per heavy atom. The summed E-state index contributed by atoms with van der Waals surface area (Å²) in [6.45, 7) is 0.220. The molecule has 146 valence electrons. The summed E-state index contributed by atoms with van der Waals surface area (Å²) in [4.78, 5) is 8.90. The van der Waals surface area contributed by atoms with Crippen molar-refractivity contribution in [3.05, 3.63) is 61.1 Å². The number of fused-ring (bicyclic) bond motifs is 2. The summed E-state index contributed by atoms with van der Waals surface area (Å²) < 4.78 is 38.3. The molecule has 0 spiro atoms. The highest BCUT2D eigenvalue weighted by Gasteiger charge is 2.16. The van der Waals surface area contributed by atoms with Crippen LogP contribution in [0, 0.1) is 0 Å². The molecule has 0 aliphatic carbocycles. The third kappa shape index (κ3) is 3.36. The van der Waals surface area contributed by atoms with Gasteiger partial charge in [0.1, 0.15) is 0 Å². The molecule has 0 bridgehead atoms. The average molecular weight is 408 g/mol. The van der Waals surface area contributed by atoms with Gasteiger partial charge in [-0.1, -0.05) is 12.1 Å². The van der Waals surface area contributed by atoms with Gasteiger partial charge in [0.2, 0.25) is 16.8 Å². The summed E-state index contributed by atoms with van der Waals surface area (Å²) in [5.74, 6) is 1.42. The number of ether oxygens (including phenoxy) is 2. The lowest BCUT2D eigenvalue weighted by atomic mass is 10.1. The number of rotatable bonds is 4. The maximum absolute atomic E-state index is 11.5. The van der Waals surface area contributed by atoms with Gasteiger partial charge >= 0.3 is 0 Å². The summed E-state index contributed by atoms with van der Waals surface area (Å²) in [5, 5.41) is 0. The smallest absolute Gasteiger partial charge is 0.231 e. The number of hydrogen-bond acceptors (Lipinski definition) is 6. The van der Waals surface area contributed by atoms with E-state index in [2.05, 4.69) is 14.7 Å². The van der Waals surface area contributed by atoms with Crippen LogP contribution in [0.3, 0.4) is 0 Å². The molecule has 2 aromatic carbocycles. The maximum Gasteiger partial charge on any atom is 0.231 e. The van der Waals surface area contributed by atoms with Crippen LogP contribution in [0.2, 0.25) is 0 Å². The fourth-order valence-corrected chi connectivity index (χ4v) is 3.82. The van der Waals surface area contributed by atoms with Gasteiger partial charge in [-0.2, -0.15) is 0 Å². The van der Waals surface area contributed by atoms with Crippen LogP contribution in [0.15, 0.2) is 61.1 Å². The van der Waals surface area contributed by atoms with Gasteiger partial charge in [0, 0.05) is 23.0 Å². The number of hydrogen-bond donors (Lipinski definition) is 1. The first-order chi connectivity index (χ1) is 14.0. The van der Waals surface area contributed by atoms with E-state index in [1.165, 1.54) is 0 Å². The Hall–Kier alpha value is -3.59. The van der Waals surface area contributed by atoms with E-state index >= 15 is 0 Å². The number of aromatic nitrogens is 3. The highest BCUT2D eigenvalue weighted by molar-refractivity contribution is 7.92. The Labute approximate surface area is 166 Å². The van der Waals surface area contributed by atoms with Crippen LogP contribution < -0.4 is 14.2 Å². The van der Waals surface area contributed by atoms with E-state index in [0.29, 0.717) is 22.8 Å². The normalized spacial score (nSPS) is 13.0. The summed E-state index contributed by atoms with van der Waals surface area (Å²) in [5.41, 5.74) is 4.47. The zero-order valence-corrected chi connectivity index (χ0v) is 16.2. The summed E-state index contributed by atoms with van der Waals surface area (Å²) >= 11 is 0. The van der Waals surface area contributed by atoms with Crippen molar-refractivity contribution in [2.24, 2.45) is 0 Å². The fraction of sp³-hybridized carbons (Fsp3) is 0.100. The Balaban J connectivity index is 1.58. The monoisotopic (exact) mass is 408 g/mol. The lowest BCUT2D eigenvalue weighted by Gasteiger charge is -2.08. The Morgan fingerprint density at radius 3 is 2.72 bits per heavy atom. The van der Waals surface area contributed by atoms with Gasteiger partial charge in [-0.15, -0.1) is 0 Å². The molecule has 0 saturated heterocycles. The molecule has 2 aromatic heterocycles. The number of anilines is 1. The molecule has 0 atom stereocenters. The van der Waals surface area contributed by atoms with Crippen LogP contribution >= 0.6 is 0 Å². The van der Waals surface area contributed by atoms with Gasteiger partial charge in [-0.25, -0.2) is 13.4 Å². The minimum Gasteiger partial charge on any atom is -0.454 e. The first kappa shape index (κ1) is 17.5. The van der Waals surface area contributed by atoms with E-state index in [4.69, 9.17) is 9.47 Å². The molecule has 1 N–H and O–H groups in total. The summed E-state index contributed by atoms with van der Waals surface area (Å²) in [6.07, 6.45) is 6.46. The van der Waals surface area contributed by atoms with Gasteiger partial charge in [0.25, 0.3) is 0 Å². The van der Waals surface area contributed by atoms with Crippen LogP contribution in [-0.2, 0) is 10.0 Å². The van der Waals surface area contributed by atoms with E-state index in [0.717, 1.165) is 28.8 Å². The zero-order chi connectivity index (χ0) is 20.0. The molecule has 29 heavy (non-hydrogen) atoms. The van der Waals surface area contributed by atoms with Crippen molar-refractivity contribution in [2.75, 3.05) is 17.8 Å². The van der Waals surface area contributed by atoms with Gasteiger partial charge in [0.15, 0.2) is 17.1 Å². The van der Waals surface area contributed by atoms with Crippen LogP contribution in [0.1, 0.15) is 0 Å². The SMILES string of the molecule is CS(=O)(=O)Nc1cccc(-c2cn3c(-c4ccc5c(c4)OCO5)cnc3cn2)c1. The summed E-state index contributed by atoms with van der Waals surface area (Å²) in [6, 6.07) is 12.8. The second kappa shape index (κ2) is 6.49. The van der Waals surface area contributed by atoms with Crippen molar-refractivity contribution in [3.63, 3.8) is 0 Å². The number of benzene rings is 2. The fourth-order valence-electron chi connectivity index (χ4n) is 3.26. The predicted octanol–water partition coefficient (Wildman–Crippen LogP) is 3.16. The average Bonchev–Trinajstić information content (AvgIpc) is 3.32. The second-order valence-electron chi connectivity index (χ2n) is 6.67. The lowest BCUT2D eigenvalue weighted by Crippen LogP contribution is -2.09. The van der Waals surface area contributed by atoms with Crippen molar-refractivity contribution in [2.45, 2.75) is 0 Å². The molecule has 1 aliphatic rings. The topological polar surface area (TPSA) is 94.8 Å². The molecular formula is C20H16N4O4S. The Bertz CT molecular complexity index is 1350. The minimum absolute atomic E-state index is 0.220. The molecule has 0 radical (unpaired) electrons. The van der Waals surface area contributed by atoms with Crippen LogP contribution in [0.4, 0.5) is 5.69 Å². The molecule has 0 fully saturated rings. The van der Waals surface area contributed by atoms with Crippen LogP contribution in [0.25, 0.3) is 28.2 Å². The zero-order valence-electron chi connectivity index (χ0n) is 15.4. The van der Waals surface area contributed by atoms with E-state index < -0.39 is 10.0 Å². The predicted molar refractivity (Wildman–Crippen MR) is 108 cm³/mol. The molecule has 1 aliphatic heterocycles. The van der Waals surface area contributed by atoms with Gasteiger partial charge in [-0.05, 0) is 30.3 Å². The van der Waals surface area contributed by atoms with Crippen molar-refractivity contribution in [1.82, 2.24) is 14.4 Å².